The average Bonchev–Trinajstić information content (AvgIpc) is 2.33. The first-order valence-corrected chi connectivity index (χ1v) is 6.23. The van der Waals surface area contributed by atoms with Crippen molar-refractivity contribution < 1.29 is 24.2 Å². The van der Waals surface area contributed by atoms with Gasteiger partial charge in [-0.1, -0.05) is 6.92 Å². The Labute approximate surface area is 112 Å². The molecule has 110 valence electrons. The first kappa shape index (κ1) is 17.4. The number of carboxylic acid groups (broad SMARTS) is 1. The van der Waals surface area contributed by atoms with Crippen molar-refractivity contribution in [2.24, 2.45) is 0 Å². The van der Waals surface area contributed by atoms with Crippen LogP contribution in [0.2, 0.25) is 0 Å². The Hall–Kier alpha value is -1.63. The Bertz CT molecular complexity index is 319. The number of methoxy groups -OCH3 is 1. The zero-order valence-electron chi connectivity index (χ0n) is 11.6. The van der Waals surface area contributed by atoms with Crippen LogP contribution in [0.15, 0.2) is 0 Å². The number of esters is 1. The van der Waals surface area contributed by atoms with Gasteiger partial charge in [-0.05, 0) is 19.9 Å². The van der Waals surface area contributed by atoms with Crippen LogP contribution in [-0.4, -0.2) is 48.7 Å². The van der Waals surface area contributed by atoms with Crippen molar-refractivity contribution in [3.63, 3.8) is 0 Å². The molecule has 0 rings (SSSR count). The van der Waals surface area contributed by atoms with Crippen LogP contribution in [0.25, 0.3) is 0 Å². The van der Waals surface area contributed by atoms with Crippen molar-refractivity contribution in [2.45, 2.75) is 45.2 Å². The SMILES string of the molecule is CCNC(C)CC(=O)N[C@@H](CCC(=O)OC)C(=O)O. The summed E-state index contributed by atoms with van der Waals surface area (Å²) in [6, 6.07) is -1.10. The van der Waals surface area contributed by atoms with Crippen molar-refractivity contribution in [1.29, 1.82) is 0 Å². The fraction of sp³-hybridized carbons (Fsp3) is 0.750. The van der Waals surface area contributed by atoms with E-state index in [1.54, 1.807) is 0 Å². The molecule has 19 heavy (non-hydrogen) atoms. The lowest BCUT2D eigenvalue weighted by Gasteiger charge is -2.16. The van der Waals surface area contributed by atoms with E-state index in [0.717, 1.165) is 6.54 Å². The third kappa shape index (κ3) is 8.15. The van der Waals surface area contributed by atoms with Gasteiger partial charge in [0.05, 0.1) is 7.11 Å². The third-order valence-corrected chi connectivity index (χ3v) is 2.54. The lowest BCUT2D eigenvalue weighted by Crippen LogP contribution is -2.43. The second-order valence-electron chi connectivity index (χ2n) is 4.24. The number of ether oxygens (including phenoxy) is 1. The number of carbonyl (C=O) groups excluding carboxylic acids is 2. The standard InChI is InChI=1S/C12H22N2O5/c1-4-13-8(2)7-10(15)14-9(12(17)18)5-6-11(16)19-3/h8-9,13H,4-7H2,1-3H3,(H,14,15)(H,17,18)/t8?,9-/m0/s1. The van der Waals surface area contributed by atoms with Gasteiger partial charge in [-0.2, -0.15) is 0 Å². The van der Waals surface area contributed by atoms with Gasteiger partial charge < -0.3 is 20.5 Å². The van der Waals surface area contributed by atoms with Gasteiger partial charge in [0, 0.05) is 18.9 Å². The first-order chi connectivity index (χ1) is 8.90. The van der Waals surface area contributed by atoms with Crippen molar-refractivity contribution in [2.75, 3.05) is 13.7 Å². The molecule has 0 aliphatic heterocycles. The molecule has 0 heterocycles. The number of rotatable bonds is 9. The quantitative estimate of drug-likeness (QED) is 0.507. The number of amides is 1. The topological polar surface area (TPSA) is 105 Å². The highest BCUT2D eigenvalue weighted by molar-refractivity contribution is 5.84. The summed E-state index contributed by atoms with van der Waals surface area (Å²) in [6.07, 6.45) is 0.162. The molecule has 0 saturated carbocycles. The largest absolute Gasteiger partial charge is 0.480 e. The van der Waals surface area contributed by atoms with E-state index in [9.17, 15) is 14.4 Å². The number of carbonyl (C=O) groups is 3. The number of nitrogens with one attached hydrogen (secondary N) is 2. The maximum Gasteiger partial charge on any atom is 0.326 e. The van der Waals surface area contributed by atoms with Gasteiger partial charge in [0.15, 0.2) is 0 Å². The highest BCUT2D eigenvalue weighted by Crippen LogP contribution is 2.01. The van der Waals surface area contributed by atoms with Crippen molar-refractivity contribution in [3.05, 3.63) is 0 Å². The van der Waals surface area contributed by atoms with Crippen LogP contribution < -0.4 is 10.6 Å². The second kappa shape index (κ2) is 9.32. The summed E-state index contributed by atoms with van der Waals surface area (Å²) in [5, 5.41) is 14.4. The maximum atomic E-state index is 11.6. The minimum absolute atomic E-state index is 0.0172. The highest BCUT2D eigenvalue weighted by atomic mass is 16.5. The molecule has 0 aliphatic carbocycles. The zero-order chi connectivity index (χ0) is 14.8. The fourth-order valence-electron chi connectivity index (χ4n) is 1.57. The molecule has 0 bridgehead atoms. The van der Waals surface area contributed by atoms with E-state index < -0.39 is 18.0 Å². The van der Waals surface area contributed by atoms with Crippen LogP contribution in [0.1, 0.15) is 33.1 Å². The lowest BCUT2D eigenvalue weighted by molar-refractivity contribution is -0.144. The van der Waals surface area contributed by atoms with E-state index in [1.807, 2.05) is 13.8 Å². The predicted molar refractivity (Wildman–Crippen MR) is 68.6 cm³/mol. The summed E-state index contributed by atoms with van der Waals surface area (Å²) in [4.78, 5) is 33.5. The molecule has 0 radical (unpaired) electrons. The van der Waals surface area contributed by atoms with E-state index in [2.05, 4.69) is 15.4 Å². The van der Waals surface area contributed by atoms with E-state index in [4.69, 9.17) is 5.11 Å². The van der Waals surface area contributed by atoms with E-state index in [0.29, 0.717) is 0 Å². The normalized spacial score (nSPS) is 13.4. The molecule has 0 saturated heterocycles. The number of hydrogen-bond donors (Lipinski definition) is 3. The second-order valence-corrected chi connectivity index (χ2v) is 4.24. The van der Waals surface area contributed by atoms with Crippen molar-refractivity contribution in [1.82, 2.24) is 10.6 Å². The van der Waals surface area contributed by atoms with Crippen LogP contribution in [0.3, 0.4) is 0 Å². The highest BCUT2D eigenvalue weighted by Gasteiger charge is 2.21. The average molecular weight is 274 g/mol. The monoisotopic (exact) mass is 274 g/mol. The zero-order valence-corrected chi connectivity index (χ0v) is 11.6. The minimum atomic E-state index is -1.16. The van der Waals surface area contributed by atoms with Crippen LogP contribution >= 0.6 is 0 Å². The molecular formula is C12H22N2O5. The van der Waals surface area contributed by atoms with E-state index in [-0.39, 0.29) is 31.2 Å². The molecule has 0 aromatic heterocycles. The summed E-state index contributed by atoms with van der Waals surface area (Å²) in [6.45, 7) is 4.50. The van der Waals surface area contributed by atoms with Crippen LogP contribution in [0.4, 0.5) is 0 Å². The first-order valence-electron chi connectivity index (χ1n) is 6.23. The molecule has 0 aromatic carbocycles. The fourth-order valence-corrected chi connectivity index (χ4v) is 1.57. The molecule has 1 amide bonds. The molecule has 3 N–H and O–H groups in total. The van der Waals surface area contributed by atoms with Crippen LogP contribution in [0.5, 0.6) is 0 Å². The number of aliphatic carboxylic acids is 1. The number of carboxylic acids is 1. The van der Waals surface area contributed by atoms with Crippen molar-refractivity contribution >= 4 is 17.8 Å². The maximum absolute atomic E-state index is 11.6. The Balaban J connectivity index is 4.22. The van der Waals surface area contributed by atoms with Gasteiger partial charge in [0.2, 0.25) is 5.91 Å². The summed E-state index contributed by atoms with van der Waals surface area (Å²) in [5.41, 5.74) is 0. The Morgan fingerprint density at radius 3 is 2.42 bits per heavy atom. The Kier molecular flexibility index (Phi) is 8.52. The molecule has 7 heteroatoms. The molecule has 0 aromatic rings. The van der Waals surface area contributed by atoms with Gasteiger partial charge in [-0.25, -0.2) is 4.79 Å². The molecule has 2 atom stereocenters. The van der Waals surface area contributed by atoms with Gasteiger partial charge >= 0.3 is 11.9 Å². The number of hydrogen-bond acceptors (Lipinski definition) is 5. The van der Waals surface area contributed by atoms with Gasteiger partial charge in [-0.3, -0.25) is 9.59 Å². The summed E-state index contributed by atoms with van der Waals surface area (Å²) in [7, 11) is 1.23. The van der Waals surface area contributed by atoms with Crippen LogP contribution in [-0.2, 0) is 19.1 Å². The smallest absolute Gasteiger partial charge is 0.326 e. The lowest BCUT2D eigenvalue weighted by atomic mass is 10.1. The van der Waals surface area contributed by atoms with E-state index >= 15 is 0 Å². The van der Waals surface area contributed by atoms with Gasteiger partial charge in [0.1, 0.15) is 6.04 Å². The molecule has 7 nitrogen and oxygen atoms in total. The van der Waals surface area contributed by atoms with E-state index in [1.165, 1.54) is 7.11 Å². The molecule has 0 aliphatic rings. The summed E-state index contributed by atoms with van der Waals surface area (Å²) < 4.78 is 4.43. The molecule has 0 spiro atoms. The van der Waals surface area contributed by atoms with Crippen molar-refractivity contribution in [3.8, 4) is 0 Å². The molecular weight excluding hydrogens is 252 g/mol. The third-order valence-electron chi connectivity index (χ3n) is 2.54. The van der Waals surface area contributed by atoms with Gasteiger partial charge in [0.25, 0.3) is 0 Å². The minimum Gasteiger partial charge on any atom is -0.480 e. The summed E-state index contributed by atoms with van der Waals surface area (Å²) in [5.74, 6) is -2.01. The molecule has 0 fully saturated rings. The Morgan fingerprint density at radius 1 is 1.32 bits per heavy atom. The predicted octanol–water partition coefficient (Wildman–Crippen LogP) is -0.103. The Morgan fingerprint density at radius 2 is 1.95 bits per heavy atom. The summed E-state index contributed by atoms with van der Waals surface area (Å²) >= 11 is 0. The van der Waals surface area contributed by atoms with Gasteiger partial charge in [-0.15, -0.1) is 0 Å². The van der Waals surface area contributed by atoms with Crippen LogP contribution in [0, 0.1) is 0 Å². The molecule has 1 unspecified atom stereocenters.